The van der Waals surface area contributed by atoms with Crippen molar-refractivity contribution >= 4 is 6.09 Å². The van der Waals surface area contributed by atoms with E-state index in [1.807, 2.05) is 20.8 Å². The topological polar surface area (TPSA) is 55.6 Å². The van der Waals surface area contributed by atoms with E-state index in [0.717, 1.165) is 13.0 Å². The van der Waals surface area contributed by atoms with Gasteiger partial charge < -0.3 is 10.5 Å². The molecule has 4 nitrogen and oxygen atoms in total. The van der Waals surface area contributed by atoms with Gasteiger partial charge in [0.2, 0.25) is 0 Å². The van der Waals surface area contributed by atoms with E-state index in [9.17, 15) is 4.79 Å². The molecule has 0 bridgehead atoms. The first-order valence-corrected chi connectivity index (χ1v) is 4.15. The number of carbonyl (C=O) groups excluding carboxylic acids is 1. The van der Waals surface area contributed by atoms with Gasteiger partial charge in [-0.2, -0.15) is 0 Å². The molecule has 0 radical (unpaired) electrons. The van der Waals surface area contributed by atoms with Gasteiger partial charge in [0.1, 0.15) is 5.60 Å². The molecular weight excluding hydrogens is 156 g/mol. The quantitative estimate of drug-likeness (QED) is 0.591. The van der Waals surface area contributed by atoms with Crippen molar-refractivity contribution in [2.45, 2.75) is 39.0 Å². The molecule has 1 saturated heterocycles. The van der Waals surface area contributed by atoms with Crippen molar-refractivity contribution in [3.63, 3.8) is 0 Å². The van der Waals surface area contributed by atoms with Crippen LogP contribution in [0.2, 0.25) is 0 Å². The number of nitrogens with two attached hydrogens (primary N) is 1. The average Bonchev–Trinajstić information content (AvgIpc) is 1.79. The number of nitrogens with zero attached hydrogens (tertiary/aromatic N) is 1. The lowest BCUT2D eigenvalue weighted by Gasteiger charge is -2.38. The molecule has 1 rings (SSSR count). The molecule has 1 amide bonds. The summed E-state index contributed by atoms with van der Waals surface area (Å²) in [5.74, 6) is 0. The van der Waals surface area contributed by atoms with Gasteiger partial charge in [-0.3, -0.25) is 4.90 Å². The predicted molar refractivity (Wildman–Crippen MR) is 45.5 cm³/mol. The number of hydrogen-bond donors (Lipinski definition) is 1. The first-order valence-electron chi connectivity index (χ1n) is 4.15. The Balaban J connectivity index is 2.39. The molecule has 2 N–H and O–H groups in total. The minimum atomic E-state index is -0.424. The Hall–Kier alpha value is -0.770. The summed E-state index contributed by atoms with van der Waals surface area (Å²) in [5.41, 5.74) is 5.14. The highest BCUT2D eigenvalue weighted by Crippen LogP contribution is 2.17. The van der Waals surface area contributed by atoms with Crippen molar-refractivity contribution in [2.24, 2.45) is 5.73 Å². The fourth-order valence-electron chi connectivity index (χ4n) is 0.955. The van der Waals surface area contributed by atoms with Crippen LogP contribution in [0.1, 0.15) is 27.2 Å². The summed E-state index contributed by atoms with van der Waals surface area (Å²) < 4.78 is 5.12. The van der Waals surface area contributed by atoms with E-state index in [0.29, 0.717) is 0 Å². The molecule has 0 saturated carbocycles. The summed E-state index contributed by atoms with van der Waals surface area (Å²) in [6, 6.07) is 0. The standard InChI is InChI=1S/C8H16N2O2/c1-8(2,3)12-7(11)10-5-4-6(10)9/h6H,4-5,9H2,1-3H3. The molecule has 1 atom stereocenters. The van der Waals surface area contributed by atoms with Gasteiger partial charge in [0.15, 0.2) is 0 Å². The third kappa shape index (κ3) is 2.11. The molecule has 70 valence electrons. The zero-order valence-corrected chi connectivity index (χ0v) is 7.83. The number of rotatable bonds is 0. The summed E-state index contributed by atoms with van der Waals surface area (Å²) in [6.45, 7) is 6.25. The maximum atomic E-state index is 11.3. The maximum Gasteiger partial charge on any atom is 0.411 e. The monoisotopic (exact) mass is 172 g/mol. The van der Waals surface area contributed by atoms with Gasteiger partial charge in [-0.1, -0.05) is 0 Å². The second kappa shape index (κ2) is 2.94. The zero-order valence-electron chi connectivity index (χ0n) is 7.83. The van der Waals surface area contributed by atoms with E-state index in [2.05, 4.69) is 0 Å². The Morgan fingerprint density at radius 2 is 2.17 bits per heavy atom. The van der Waals surface area contributed by atoms with Gasteiger partial charge in [0, 0.05) is 6.54 Å². The molecule has 0 aromatic carbocycles. The molecule has 12 heavy (non-hydrogen) atoms. The lowest BCUT2D eigenvalue weighted by Crippen LogP contribution is -2.57. The molecule has 1 unspecified atom stereocenters. The summed E-state index contributed by atoms with van der Waals surface area (Å²) in [6.07, 6.45) is 0.431. The summed E-state index contributed by atoms with van der Waals surface area (Å²) >= 11 is 0. The average molecular weight is 172 g/mol. The number of likely N-dealkylation sites (tertiary alicyclic amines) is 1. The first-order chi connectivity index (χ1) is 5.40. The molecule has 1 heterocycles. The van der Waals surface area contributed by atoms with Crippen molar-refractivity contribution in [2.75, 3.05) is 6.54 Å². The van der Waals surface area contributed by atoms with E-state index >= 15 is 0 Å². The van der Waals surface area contributed by atoms with Crippen LogP contribution in [0.5, 0.6) is 0 Å². The van der Waals surface area contributed by atoms with Crippen LogP contribution in [0, 0.1) is 0 Å². The van der Waals surface area contributed by atoms with Crippen LogP contribution in [0.3, 0.4) is 0 Å². The molecule has 0 aromatic heterocycles. The fraction of sp³-hybridized carbons (Fsp3) is 0.875. The minimum Gasteiger partial charge on any atom is -0.444 e. The molecule has 1 aliphatic rings. The molecule has 0 aliphatic carbocycles. The SMILES string of the molecule is CC(C)(C)OC(=O)N1CCC1N. The van der Waals surface area contributed by atoms with Gasteiger partial charge >= 0.3 is 6.09 Å². The van der Waals surface area contributed by atoms with Crippen molar-refractivity contribution in [3.05, 3.63) is 0 Å². The Morgan fingerprint density at radius 1 is 1.58 bits per heavy atom. The van der Waals surface area contributed by atoms with Crippen LogP contribution in [-0.4, -0.2) is 29.3 Å². The highest BCUT2D eigenvalue weighted by molar-refractivity contribution is 5.69. The number of ether oxygens (including phenoxy) is 1. The fourth-order valence-corrected chi connectivity index (χ4v) is 0.955. The normalized spacial score (nSPS) is 23.3. The van der Waals surface area contributed by atoms with Crippen molar-refractivity contribution in [1.82, 2.24) is 4.90 Å². The van der Waals surface area contributed by atoms with E-state index < -0.39 is 5.60 Å². The molecule has 0 aromatic rings. The van der Waals surface area contributed by atoms with Crippen LogP contribution in [-0.2, 0) is 4.74 Å². The van der Waals surface area contributed by atoms with Crippen LogP contribution < -0.4 is 5.73 Å². The third-order valence-electron chi connectivity index (χ3n) is 1.69. The molecule has 1 aliphatic heterocycles. The van der Waals surface area contributed by atoms with Crippen LogP contribution in [0.15, 0.2) is 0 Å². The van der Waals surface area contributed by atoms with Crippen LogP contribution >= 0.6 is 0 Å². The second-order valence-corrected chi connectivity index (χ2v) is 4.03. The molecule has 4 heteroatoms. The van der Waals surface area contributed by atoms with Gasteiger partial charge in [0.05, 0.1) is 6.17 Å². The number of carbonyl (C=O) groups is 1. The van der Waals surface area contributed by atoms with Crippen LogP contribution in [0.4, 0.5) is 4.79 Å². The maximum absolute atomic E-state index is 11.3. The number of hydrogen-bond acceptors (Lipinski definition) is 3. The summed E-state index contributed by atoms with van der Waals surface area (Å²) in [4.78, 5) is 12.8. The smallest absolute Gasteiger partial charge is 0.411 e. The highest BCUT2D eigenvalue weighted by Gasteiger charge is 2.32. The number of amides is 1. The van der Waals surface area contributed by atoms with Crippen molar-refractivity contribution < 1.29 is 9.53 Å². The summed E-state index contributed by atoms with van der Waals surface area (Å²) in [7, 11) is 0. The molecule has 1 fully saturated rings. The van der Waals surface area contributed by atoms with Gasteiger partial charge in [0.25, 0.3) is 0 Å². The van der Waals surface area contributed by atoms with Gasteiger partial charge in [-0.15, -0.1) is 0 Å². The van der Waals surface area contributed by atoms with Crippen molar-refractivity contribution in [3.8, 4) is 0 Å². The lowest BCUT2D eigenvalue weighted by molar-refractivity contribution is -0.00387. The highest BCUT2D eigenvalue weighted by atomic mass is 16.6. The minimum absolute atomic E-state index is 0.139. The second-order valence-electron chi connectivity index (χ2n) is 4.03. The lowest BCUT2D eigenvalue weighted by atomic mass is 10.1. The summed E-state index contributed by atoms with van der Waals surface area (Å²) in [5, 5.41) is 0. The van der Waals surface area contributed by atoms with E-state index in [1.54, 1.807) is 0 Å². The van der Waals surface area contributed by atoms with E-state index in [-0.39, 0.29) is 12.3 Å². The Morgan fingerprint density at radius 3 is 2.42 bits per heavy atom. The van der Waals surface area contributed by atoms with Crippen LogP contribution in [0.25, 0.3) is 0 Å². The Kier molecular flexibility index (Phi) is 2.28. The predicted octanol–water partition coefficient (Wildman–Crippen LogP) is 0.912. The first kappa shape index (κ1) is 9.32. The van der Waals surface area contributed by atoms with E-state index in [1.165, 1.54) is 4.90 Å². The Labute approximate surface area is 72.7 Å². The zero-order chi connectivity index (χ0) is 9.35. The van der Waals surface area contributed by atoms with Gasteiger partial charge in [-0.05, 0) is 27.2 Å². The Bertz CT molecular complexity index is 186. The van der Waals surface area contributed by atoms with Gasteiger partial charge in [-0.25, -0.2) is 4.79 Å². The van der Waals surface area contributed by atoms with E-state index in [4.69, 9.17) is 10.5 Å². The largest absolute Gasteiger partial charge is 0.444 e. The molecular formula is C8H16N2O2. The van der Waals surface area contributed by atoms with Crippen molar-refractivity contribution in [1.29, 1.82) is 0 Å². The molecule has 0 spiro atoms. The third-order valence-corrected chi connectivity index (χ3v) is 1.69.